The van der Waals surface area contributed by atoms with E-state index in [4.69, 9.17) is 9.47 Å². The zero-order valence-electron chi connectivity index (χ0n) is 23.4. The van der Waals surface area contributed by atoms with Crippen LogP contribution in [0.3, 0.4) is 0 Å². The summed E-state index contributed by atoms with van der Waals surface area (Å²) in [4.78, 5) is 24.1. The lowest BCUT2D eigenvalue weighted by Crippen LogP contribution is -2.50. The second kappa shape index (κ2) is 13.1. The number of rotatable bonds is 12. The van der Waals surface area contributed by atoms with Crippen LogP contribution >= 0.6 is 0 Å². The van der Waals surface area contributed by atoms with Gasteiger partial charge in [0.1, 0.15) is 23.9 Å². The van der Waals surface area contributed by atoms with Gasteiger partial charge in [0, 0.05) is 0 Å². The minimum atomic E-state index is -3.67. The molecule has 0 heterocycles. The van der Waals surface area contributed by atoms with Crippen LogP contribution in [0.1, 0.15) is 41.6 Å². The van der Waals surface area contributed by atoms with Crippen molar-refractivity contribution in [2.45, 2.75) is 42.5 Å². The Morgan fingerprint density at radius 2 is 1.35 bits per heavy atom. The van der Waals surface area contributed by atoms with Gasteiger partial charge in [0.2, 0.25) is 15.9 Å². The Hall–Kier alpha value is -4.67. The van der Waals surface area contributed by atoms with E-state index < -0.39 is 21.5 Å². The molecular formula is C33H32N2O7S. The average molecular weight is 601 g/mol. The quantitative estimate of drug-likeness (QED) is 0.181. The zero-order chi connectivity index (χ0) is 30.3. The Labute approximate surface area is 250 Å². The molecule has 222 valence electrons. The highest BCUT2D eigenvalue weighted by atomic mass is 32.2. The molecule has 0 aromatic heterocycles. The predicted molar refractivity (Wildman–Crippen MR) is 162 cm³/mol. The van der Waals surface area contributed by atoms with E-state index in [2.05, 4.69) is 10.0 Å². The molecule has 0 bridgehead atoms. The topological polar surface area (TPSA) is 131 Å². The summed E-state index contributed by atoms with van der Waals surface area (Å²) >= 11 is 0. The lowest BCUT2D eigenvalue weighted by molar-refractivity contribution is -0.115. The summed E-state index contributed by atoms with van der Waals surface area (Å²) in [6, 6.07) is 28.7. The van der Waals surface area contributed by atoms with E-state index in [1.165, 1.54) is 6.07 Å². The first-order valence-corrected chi connectivity index (χ1v) is 15.4. The number of benzene rings is 4. The molecule has 0 aliphatic heterocycles. The molecule has 0 radical (unpaired) electrons. The number of para-hydroxylation sites is 1. The third-order valence-corrected chi connectivity index (χ3v) is 8.85. The number of hydrogen-bond acceptors (Lipinski definition) is 6. The Kier molecular flexibility index (Phi) is 9.08. The number of nitrogens with one attached hydrogen (secondary N) is 2. The lowest BCUT2D eigenvalue weighted by atomic mass is 10.0. The number of carboxylic acids is 1. The summed E-state index contributed by atoms with van der Waals surface area (Å²) in [5.41, 5.74) is 0.355. The van der Waals surface area contributed by atoms with Crippen molar-refractivity contribution in [1.82, 2.24) is 4.72 Å². The molecule has 1 fully saturated rings. The zero-order valence-corrected chi connectivity index (χ0v) is 24.2. The number of carbonyl (C=O) groups is 2. The summed E-state index contributed by atoms with van der Waals surface area (Å²) in [7, 11) is -3.67. The van der Waals surface area contributed by atoms with Gasteiger partial charge < -0.3 is 19.9 Å². The van der Waals surface area contributed by atoms with E-state index in [0.29, 0.717) is 30.1 Å². The molecule has 3 N–H and O–H groups in total. The minimum Gasteiger partial charge on any atom is -0.492 e. The highest BCUT2D eigenvalue weighted by Crippen LogP contribution is 2.33. The summed E-state index contributed by atoms with van der Waals surface area (Å²) in [6.45, 7) is 0.218. The van der Waals surface area contributed by atoms with Gasteiger partial charge >= 0.3 is 5.97 Å². The van der Waals surface area contributed by atoms with Gasteiger partial charge in [-0.1, -0.05) is 55.3 Å². The number of anilines is 1. The molecule has 43 heavy (non-hydrogen) atoms. The standard InChI is InChI=1S/C33H32N2O7S/c36-31(34-30-11-5-4-10-29(30)32(37)38)22-24-12-14-26(15-13-24)42-27-18-16-25(17-19-27)41-23-33(20-6-7-21-33)35-43(39,40)28-8-2-1-3-9-28/h1-5,8-19,35H,6-7,20-23H2,(H,34,36)(H,37,38). The monoisotopic (exact) mass is 600 g/mol. The second-order valence-corrected chi connectivity index (χ2v) is 12.2. The number of hydrogen-bond donors (Lipinski definition) is 3. The largest absolute Gasteiger partial charge is 0.492 e. The fraction of sp³-hybridized carbons (Fsp3) is 0.212. The first-order valence-electron chi connectivity index (χ1n) is 13.9. The van der Waals surface area contributed by atoms with Gasteiger partial charge in [0.05, 0.1) is 28.1 Å². The van der Waals surface area contributed by atoms with Gasteiger partial charge in [-0.2, -0.15) is 0 Å². The van der Waals surface area contributed by atoms with Crippen LogP contribution in [0.5, 0.6) is 17.2 Å². The van der Waals surface area contributed by atoms with Crippen molar-refractivity contribution < 1.29 is 32.6 Å². The number of sulfonamides is 1. The fourth-order valence-corrected chi connectivity index (χ4v) is 6.53. The van der Waals surface area contributed by atoms with Crippen LogP contribution in [0, 0.1) is 0 Å². The maximum Gasteiger partial charge on any atom is 0.337 e. The van der Waals surface area contributed by atoms with Crippen LogP contribution < -0.4 is 19.5 Å². The van der Waals surface area contributed by atoms with E-state index >= 15 is 0 Å². The van der Waals surface area contributed by atoms with Crippen LogP contribution in [-0.4, -0.2) is 37.5 Å². The molecule has 0 unspecified atom stereocenters. The van der Waals surface area contributed by atoms with Crippen molar-refractivity contribution in [1.29, 1.82) is 0 Å². The average Bonchev–Trinajstić information content (AvgIpc) is 3.46. The normalized spacial score (nSPS) is 14.1. The maximum atomic E-state index is 13.0. The molecule has 0 saturated heterocycles. The van der Waals surface area contributed by atoms with Crippen molar-refractivity contribution in [3.8, 4) is 17.2 Å². The number of amides is 1. The summed E-state index contributed by atoms with van der Waals surface area (Å²) in [5, 5.41) is 11.9. The fourth-order valence-electron chi connectivity index (χ4n) is 5.07. The van der Waals surface area contributed by atoms with Crippen molar-refractivity contribution in [3.05, 3.63) is 114 Å². The van der Waals surface area contributed by atoms with Gasteiger partial charge in [0.25, 0.3) is 0 Å². The van der Waals surface area contributed by atoms with Crippen molar-refractivity contribution in [2.24, 2.45) is 0 Å². The summed E-state index contributed by atoms with van der Waals surface area (Å²) in [6.07, 6.45) is 3.33. The number of carboxylic acid groups (broad SMARTS) is 1. The SMILES string of the molecule is O=C(Cc1ccc(Oc2ccc(OCC3(NS(=O)(=O)c4ccccc4)CCCC3)cc2)cc1)Nc1ccccc1C(=O)O. The Morgan fingerprint density at radius 1 is 0.767 bits per heavy atom. The summed E-state index contributed by atoms with van der Waals surface area (Å²) < 4.78 is 40.8. The van der Waals surface area contributed by atoms with E-state index in [1.54, 1.807) is 97.1 Å². The van der Waals surface area contributed by atoms with Crippen molar-refractivity contribution in [2.75, 3.05) is 11.9 Å². The van der Waals surface area contributed by atoms with Gasteiger partial charge in [-0.3, -0.25) is 4.79 Å². The van der Waals surface area contributed by atoms with Crippen molar-refractivity contribution in [3.63, 3.8) is 0 Å². The molecular weight excluding hydrogens is 568 g/mol. The van der Waals surface area contributed by atoms with Gasteiger partial charge in [-0.15, -0.1) is 0 Å². The van der Waals surface area contributed by atoms with Crippen LogP contribution in [0.2, 0.25) is 0 Å². The molecule has 1 aliphatic rings. The van der Waals surface area contributed by atoms with Crippen LogP contribution in [0.4, 0.5) is 5.69 Å². The van der Waals surface area contributed by atoms with Gasteiger partial charge in [-0.25, -0.2) is 17.9 Å². The predicted octanol–water partition coefficient (Wildman–Crippen LogP) is 6.03. The van der Waals surface area contributed by atoms with Crippen LogP contribution in [0.25, 0.3) is 0 Å². The van der Waals surface area contributed by atoms with Crippen molar-refractivity contribution >= 4 is 27.6 Å². The molecule has 1 saturated carbocycles. The first kappa shape index (κ1) is 29.8. The maximum absolute atomic E-state index is 13.0. The van der Waals surface area contributed by atoms with E-state index in [0.717, 1.165) is 18.4 Å². The molecule has 10 heteroatoms. The Bertz CT molecular complexity index is 1670. The van der Waals surface area contributed by atoms with E-state index in [1.807, 2.05) is 0 Å². The minimum absolute atomic E-state index is 0.0294. The van der Waals surface area contributed by atoms with Gasteiger partial charge in [-0.05, 0) is 79.1 Å². The highest BCUT2D eigenvalue weighted by Gasteiger charge is 2.39. The Balaban J connectivity index is 1.14. The number of ether oxygens (including phenoxy) is 2. The third-order valence-electron chi connectivity index (χ3n) is 7.26. The molecule has 1 amide bonds. The van der Waals surface area contributed by atoms with E-state index in [9.17, 15) is 23.1 Å². The molecule has 9 nitrogen and oxygen atoms in total. The second-order valence-electron chi connectivity index (χ2n) is 10.5. The number of carbonyl (C=O) groups excluding carboxylic acids is 1. The molecule has 5 rings (SSSR count). The smallest absolute Gasteiger partial charge is 0.337 e. The third kappa shape index (κ3) is 7.79. The van der Waals surface area contributed by atoms with E-state index in [-0.39, 0.29) is 35.1 Å². The summed E-state index contributed by atoms with van der Waals surface area (Å²) in [5.74, 6) is 0.326. The number of aromatic carboxylic acids is 1. The van der Waals surface area contributed by atoms with Gasteiger partial charge in [0.15, 0.2) is 0 Å². The molecule has 1 aliphatic carbocycles. The van der Waals surface area contributed by atoms with Crippen LogP contribution in [0.15, 0.2) is 108 Å². The lowest BCUT2D eigenvalue weighted by Gasteiger charge is -2.30. The molecule has 0 spiro atoms. The molecule has 4 aromatic carbocycles. The Morgan fingerprint density at radius 3 is 2.00 bits per heavy atom. The first-order chi connectivity index (χ1) is 20.7. The molecule has 4 aromatic rings. The highest BCUT2D eigenvalue weighted by molar-refractivity contribution is 7.89. The van der Waals surface area contributed by atoms with Crippen LogP contribution in [-0.2, 0) is 21.2 Å². The molecule has 0 atom stereocenters.